The lowest BCUT2D eigenvalue weighted by atomic mass is 9.78. The minimum atomic E-state index is -2.10. The van der Waals surface area contributed by atoms with Crippen LogP contribution < -0.4 is 16.0 Å². The molecule has 186 valence electrons. The van der Waals surface area contributed by atoms with Gasteiger partial charge in [-0.1, -0.05) is 24.3 Å². The van der Waals surface area contributed by atoms with E-state index < -0.39 is 47.4 Å². The Hall–Kier alpha value is -3.63. The fourth-order valence-corrected chi connectivity index (χ4v) is 5.11. The molecule has 10 heteroatoms. The third-order valence-electron chi connectivity index (χ3n) is 7.45. The van der Waals surface area contributed by atoms with Crippen LogP contribution in [0.1, 0.15) is 47.1 Å². The summed E-state index contributed by atoms with van der Waals surface area (Å²) in [6.07, 6.45) is 0. The lowest BCUT2D eigenvalue weighted by Crippen LogP contribution is -2.67. The predicted octanol–water partition coefficient (Wildman–Crippen LogP) is 1.48. The molecule has 6 N–H and O–H groups in total. The van der Waals surface area contributed by atoms with Gasteiger partial charge in [0.05, 0.1) is 17.6 Å². The third-order valence-corrected chi connectivity index (χ3v) is 7.45. The number of esters is 1. The van der Waals surface area contributed by atoms with Gasteiger partial charge in [-0.25, -0.2) is 9.59 Å². The van der Waals surface area contributed by atoms with Gasteiger partial charge in [0, 0.05) is 11.3 Å². The minimum absolute atomic E-state index is 0.0507. The second-order valence-electron chi connectivity index (χ2n) is 9.58. The van der Waals surface area contributed by atoms with E-state index in [0.717, 1.165) is 0 Å². The highest BCUT2D eigenvalue weighted by atomic mass is 16.5. The van der Waals surface area contributed by atoms with Gasteiger partial charge in [0.1, 0.15) is 23.5 Å². The van der Waals surface area contributed by atoms with Gasteiger partial charge < -0.3 is 36.0 Å². The molecule has 35 heavy (non-hydrogen) atoms. The number of aliphatic hydroxyl groups is 2. The van der Waals surface area contributed by atoms with E-state index in [1.807, 2.05) is 0 Å². The number of rotatable bonds is 6. The smallest absolute Gasteiger partial charge is 0.342 e. The molecule has 0 spiro atoms. The van der Waals surface area contributed by atoms with Crippen molar-refractivity contribution in [2.75, 3.05) is 11.9 Å². The van der Waals surface area contributed by atoms with Crippen LogP contribution in [0.3, 0.4) is 0 Å². The van der Waals surface area contributed by atoms with E-state index >= 15 is 0 Å². The SMILES string of the molecule is CC(=O)c1cccc(N[C@H]2[C@@H]3NC(=O)N[C@]3(C)[C@@](C)(O)[C@@]2(O)COC(=O)c2c(C)cccc2O)c1. The number of nitrogens with one attached hydrogen (secondary N) is 3. The Kier molecular flexibility index (Phi) is 5.77. The van der Waals surface area contributed by atoms with E-state index in [1.54, 1.807) is 50.2 Å². The molecule has 1 heterocycles. The van der Waals surface area contributed by atoms with Gasteiger partial charge in [-0.3, -0.25) is 4.79 Å². The van der Waals surface area contributed by atoms with Gasteiger partial charge in [-0.15, -0.1) is 0 Å². The van der Waals surface area contributed by atoms with Gasteiger partial charge >= 0.3 is 12.0 Å². The molecule has 0 aromatic heterocycles. The number of hydrogen-bond acceptors (Lipinski definition) is 8. The fraction of sp³-hybridized carbons (Fsp3) is 0.400. The monoisotopic (exact) mass is 483 g/mol. The minimum Gasteiger partial charge on any atom is -0.507 e. The third kappa shape index (κ3) is 3.69. The zero-order valence-corrected chi connectivity index (χ0v) is 19.9. The van der Waals surface area contributed by atoms with E-state index in [9.17, 15) is 29.7 Å². The summed E-state index contributed by atoms with van der Waals surface area (Å²) in [6.45, 7) is 5.35. The highest BCUT2D eigenvalue weighted by Gasteiger charge is 2.75. The van der Waals surface area contributed by atoms with Crippen LogP contribution in [0.2, 0.25) is 0 Å². The van der Waals surface area contributed by atoms with Crippen molar-refractivity contribution < 1.29 is 34.4 Å². The second-order valence-corrected chi connectivity index (χ2v) is 9.58. The number of amides is 2. The van der Waals surface area contributed by atoms with E-state index in [0.29, 0.717) is 16.8 Å². The maximum Gasteiger partial charge on any atom is 0.342 e. The number of phenols is 1. The Labute approximate surface area is 202 Å². The molecule has 1 aliphatic carbocycles. The highest BCUT2D eigenvalue weighted by molar-refractivity contribution is 5.95. The number of aryl methyl sites for hydroxylation is 1. The van der Waals surface area contributed by atoms with Crippen LogP contribution in [0.4, 0.5) is 10.5 Å². The second kappa shape index (κ2) is 8.24. The number of aromatic hydroxyl groups is 1. The fourth-order valence-electron chi connectivity index (χ4n) is 5.11. The maximum atomic E-state index is 12.8. The van der Waals surface area contributed by atoms with Crippen molar-refractivity contribution >= 4 is 23.5 Å². The van der Waals surface area contributed by atoms with Crippen LogP contribution in [0.25, 0.3) is 0 Å². The molecule has 2 fully saturated rings. The number of carbonyl (C=O) groups is 3. The molecule has 0 radical (unpaired) electrons. The summed E-state index contributed by atoms with van der Waals surface area (Å²) in [4.78, 5) is 36.9. The lowest BCUT2D eigenvalue weighted by molar-refractivity contribution is -0.168. The number of ketones is 1. The molecular weight excluding hydrogens is 454 g/mol. The summed E-state index contributed by atoms with van der Waals surface area (Å²) >= 11 is 0. The molecule has 2 amide bonds. The molecule has 0 bridgehead atoms. The van der Waals surface area contributed by atoms with Crippen molar-refractivity contribution in [1.29, 1.82) is 0 Å². The number of urea groups is 1. The van der Waals surface area contributed by atoms with Crippen LogP contribution in [0, 0.1) is 6.92 Å². The molecule has 0 unspecified atom stereocenters. The van der Waals surface area contributed by atoms with Crippen molar-refractivity contribution in [2.24, 2.45) is 0 Å². The van der Waals surface area contributed by atoms with E-state index in [1.165, 1.54) is 19.9 Å². The number of ether oxygens (including phenoxy) is 1. The Morgan fingerprint density at radius 1 is 1.14 bits per heavy atom. The first kappa shape index (κ1) is 24.5. The summed E-state index contributed by atoms with van der Waals surface area (Å²) in [5.74, 6) is -1.30. The zero-order chi connectivity index (χ0) is 25.8. The van der Waals surface area contributed by atoms with Gasteiger partial charge in [-0.2, -0.15) is 0 Å². The summed E-state index contributed by atoms with van der Waals surface area (Å²) in [5, 5.41) is 42.2. The first-order valence-corrected chi connectivity index (χ1v) is 11.2. The molecule has 5 atom stereocenters. The summed E-state index contributed by atoms with van der Waals surface area (Å²) in [6, 6.07) is 8.76. The molecule has 1 aliphatic heterocycles. The average molecular weight is 484 g/mol. The van der Waals surface area contributed by atoms with Crippen LogP contribution >= 0.6 is 0 Å². The molecule has 2 aliphatic rings. The van der Waals surface area contributed by atoms with Gasteiger partial charge in [-0.05, 0) is 51.5 Å². The van der Waals surface area contributed by atoms with Crippen LogP contribution in [0.15, 0.2) is 42.5 Å². The predicted molar refractivity (Wildman–Crippen MR) is 126 cm³/mol. The summed E-state index contributed by atoms with van der Waals surface area (Å²) in [7, 11) is 0. The molecule has 2 aromatic carbocycles. The molecule has 1 saturated carbocycles. The number of phenolic OH excluding ortho intramolecular Hbond substituents is 1. The van der Waals surface area contributed by atoms with Crippen molar-refractivity contribution in [3.8, 4) is 5.75 Å². The largest absolute Gasteiger partial charge is 0.507 e. The Morgan fingerprint density at radius 2 is 1.83 bits per heavy atom. The normalized spacial score (nSPS) is 31.3. The van der Waals surface area contributed by atoms with Gasteiger partial charge in [0.2, 0.25) is 0 Å². The molecule has 4 rings (SSSR count). The van der Waals surface area contributed by atoms with Gasteiger partial charge in [0.15, 0.2) is 11.4 Å². The standard InChI is InChI=1S/C25H29N3O7/c1-13-7-5-10-17(30)18(13)21(31)35-12-25(34)20(26-16-9-6-8-15(11-16)14(2)29)19-23(3,24(25,4)33)28-22(32)27-19/h5-11,19-20,26,30,33-34H,12H2,1-4H3,(H2,27,28,32)/t19-,20-,23-,24+,25+/m0/s1. The highest BCUT2D eigenvalue weighted by Crippen LogP contribution is 2.49. The quantitative estimate of drug-likeness (QED) is 0.266. The zero-order valence-electron chi connectivity index (χ0n) is 19.9. The summed E-state index contributed by atoms with van der Waals surface area (Å²) in [5.41, 5.74) is -4.10. The van der Waals surface area contributed by atoms with Gasteiger partial charge in [0.25, 0.3) is 0 Å². The Morgan fingerprint density at radius 3 is 2.49 bits per heavy atom. The maximum absolute atomic E-state index is 12.8. The number of benzene rings is 2. The van der Waals surface area contributed by atoms with E-state index in [2.05, 4.69) is 16.0 Å². The molecular formula is C25H29N3O7. The topological polar surface area (TPSA) is 157 Å². The van der Waals surface area contributed by atoms with E-state index in [4.69, 9.17) is 4.74 Å². The van der Waals surface area contributed by atoms with Crippen LogP contribution in [-0.2, 0) is 4.74 Å². The van der Waals surface area contributed by atoms with Crippen molar-refractivity contribution in [2.45, 2.75) is 56.5 Å². The number of anilines is 1. The van der Waals surface area contributed by atoms with Crippen molar-refractivity contribution in [1.82, 2.24) is 10.6 Å². The van der Waals surface area contributed by atoms with Crippen LogP contribution in [0.5, 0.6) is 5.75 Å². The van der Waals surface area contributed by atoms with E-state index in [-0.39, 0.29) is 17.1 Å². The Bertz CT molecular complexity index is 1190. The molecule has 10 nitrogen and oxygen atoms in total. The molecule has 1 saturated heterocycles. The molecule has 2 aromatic rings. The van der Waals surface area contributed by atoms with Crippen molar-refractivity contribution in [3.05, 3.63) is 59.2 Å². The summed E-state index contributed by atoms with van der Waals surface area (Å²) < 4.78 is 5.44. The number of Topliss-reactive ketones (excluding diaryl/α,β-unsaturated/α-hetero) is 1. The lowest BCUT2D eigenvalue weighted by Gasteiger charge is -2.43. The number of hydrogen-bond donors (Lipinski definition) is 6. The number of fused-ring (bicyclic) bond motifs is 1. The first-order chi connectivity index (χ1) is 16.3. The average Bonchev–Trinajstić information content (AvgIpc) is 3.15. The Balaban J connectivity index is 1.70. The van der Waals surface area contributed by atoms with Crippen molar-refractivity contribution in [3.63, 3.8) is 0 Å². The van der Waals surface area contributed by atoms with Crippen LogP contribution in [-0.4, -0.2) is 68.5 Å². The first-order valence-electron chi connectivity index (χ1n) is 11.2. The number of carbonyl (C=O) groups excluding carboxylic acids is 3.